The lowest BCUT2D eigenvalue weighted by molar-refractivity contribution is -0.281. The molecule has 1 saturated heterocycles. The van der Waals surface area contributed by atoms with Gasteiger partial charge in [0.1, 0.15) is 6.17 Å². The molecule has 0 aromatic rings. The zero-order valence-corrected chi connectivity index (χ0v) is 6.86. The lowest BCUT2D eigenvalue weighted by Crippen LogP contribution is -2.52. The van der Waals surface area contributed by atoms with Crippen LogP contribution in [-0.4, -0.2) is 36.1 Å². The third kappa shape index (κ3) is 1.94. The van der Waals surface area contributed by atoms with Gasteiger partial charge in [-0.05, 0) is 19.5 Å². The summed E-state index contributed by atoms with van der Waals surface area (Å²) in [4.78, 5) is 0. The van der Waals surface area contributed by atoms with Crippen LogP contribution in [0.3, 0.4) is 0 Å². The molecule has 1 heterocycles. The molecule has 2 N–H and O–H groups in total. The van der Waals surface area contributed by atoms with E-state index in [0.717, 1.165) is 0 Å². The molecule has 0 saturated carbocycles. The minimum Gasteiger partial charge on any atom is -0.378 e. The summed E-state index contributed by atoms with van der Waals surface area (Å²) in [5.74, 6) is 0. The Morgan fingerprint density at radius 2 is 1.92 bits per heavy atom. The van der Waals surface area contributed by atoms with Crippen LogP contribution in [0.5, 0.6) is 0 Å². The van der Waals surface area contributed by atoms with Crippen molar-refractivity contribution in [1.29, 1.82) is 0 Å². The molecule has 1 fully saturated rings. The van der Waals surface area contributed by atoms with Gasteiger partial charge in [-0.3, -0.25) is 0 Å². The lowest BCUT2D eigenvalue weighted by atomic mass is 9.92. The second-order valence-electron chi connectivity index (χ2n) is 3.18. The number of hydrogen-bond donors (Lipinski definition) is 2. The Kier molecular flexibility index (Phi) is 2.82. The molecule has 0 amide bonds. The Labute approximate surface area is 72.9 Å². The first-order valence-electron chi connectivity index (χ1n) is 4.02. The van der Waals surface area contributed by atoms with Crippen LogP contribution in [0.25, 0.3) is 0 Å². The van der Waals surface area contributed by atoms with Crippen molar-refractivity contribution < 1.29 is 22.7 Å². The van der Waals surface area contributed by atoms with E-state index in [2.05, 4.69) is 5.32 Å². The second-order valence-corrected chi connectivity index (χ2v) is 3.18. The summed E-state index contributed by atoms with van der Waals surface area (Å²) in [5.41, 5.74) is -3.17. The molecule has 0 radical (unpaired) electrons. The average Bonchev–Trinajstić information content (AvgIpc) is 2.14. The van der Waals surface area contributed by atoms with Crippen LogP contribution in [0.15, 0.2) is 0 Å². The van der Waals surface area contributed by atoms with Gasteiger partial charge in [0.25, 0.3) is 0 Å². The van der Waals surface area contributed by atoms with Gasteiger partial charge in [0.05, 0.1) is 0 Å². The van der Waals surface area contributed by atoms with Crippen molar-refractivity contribution >= 4 is 0 Å². The van der Waals surface area contributed by atoms with Gasteiger partial charge in [-0.15, -0.1) is 0 Å². The standard InChI is InChI=1S/C7H11F4NO/c8-5-1-3-12-4-2-6(5,13)7(9,10)11/h5,12-13H,1-4H2/t5-,6-/m0/s1. The second kappa shape index (κ2) is 3.42. The number of halogens is 4. The van der Waals surface area contributed by atoms with Crippen LogP contribution in [0.4, 0.5) is 17.6 Å². The quantitative estimate of drug-likeness (QED) is 0.573. The first-order valence-corrected chi connectivity index (χ1v) is 4.02. The SMILES string of the molecule is O[C@@]1(C(F)(F)F)CCNCC[C@@H]1F. The van der Waals surface area contributed by atoms with Crippen LogP contribution in [0.1, 0.15) is 12.8 Å². The molecule has 0 spiro atoms. The third-order valence-electron chi connectivity index (χ3n) is 2.27. The molecule has 78 valence electrons. The van der Waals surface area contributed by atoms with Gasteiger partial charge in [-0.25, -0.2) is 4.39 Å². The monoisotopic (exact) mass is 201 g/mol. The molecular weight excluding hydrogens is 190 g/mol. The number of aliphatic hydroxyl groups is 1. The minimum absolute atomic E-state index is 0.0174. The Balaban J connectivity index is 2.83. The van der Waals surface area contributed by atoms with Crippen molar-refractivity contribution in [1.82, 2.24) is 5.32 Å². The van der Waals surface area contributed by atoms with Crippen LogP contribution >= 0.6 is 0 Å². The van der Waals surface area contributed by atoms with E-state index in [0.29, 0.717) is 0 Å². The predicted octanol–water partition coefficient (Wildman–Crippen LogP) is 1.00. The first-order chi connectivity index (χ1) is 5.88. The molecule has 1 rings (SSSR count). The van der Waals surface area contributed by atoms with Crippen molar-refractivity contribution in [3.63, 3.8) is 0 Å². The molecule has 0 aliphatic carbocycles. The molecule has 0 aromatic carbocycles. The smallest absolute Gasteiger partial charge is 0.378 e. The molecule has 1 aliphatic heterocycles. The highest BCUT2D eigenvalue weighted by Gasteiger charge is 2.58. The van der Waals surface area contributed by atoms with E-state index in [1.165, 1.54) is 0 Å². The van der Waals surface area contributed by atoms with Gasteiger partial charge < -0.3 is 10.4 Å². The molecule has 2 nitrogen and oxygen atoms in total. The van der Waals surface area contributed by atoms with E-state index < -0.39 is 24.4 Å². The summed E-state index contributed by atoms with van der Waals surface area (Å²) in [5, 5.41) is 11.7. The summed E-state index contributed by atoms with van der Waals surface area (Å²) >= 11 is 0. The predicted molar refractivity (Wildman–Crippen MR) is 38.0 cm³/mol. The van der Waals surface area contributed by atoms with E-state index in [4.69, 9.17) is 5.11 Å². The maximum Gasteiger partial charge on any atom is 0.420 e. The number of alkyl halides is 4. The van der Waals surface area contributed by atoms with Crippen molar-refractivity contribution in [2.24, 2.45) is 0 Å². The Morgan fingerprint density at radius 3 is 2.46 bits per heavy atom. The minimum atomic E-state index is -4.89. The molecule has 0 bridgehead atoms. The van der Waals surface area contributed by atoms with Crippen LogP contribution in [0, 0.1) is 0 Å². The van der Waals surface area contributed by atoms with Crippen molar-refractivity contribution in [2.75, 3.05) is 13.1 Å². The molecule has 13 heavy (non-hydrogen) atoms. The Hall–Kier alpha value is -0.360. The van der Waals surface area contributed by atoms with Gasteiger partial charge in [0.15, 0.2) is 5.60 Å². The summed E-state index contributed by atoms with van der Waals surface area (Å²) in [7, 11) is 0. The van der Waals surface area contributed by atoms with E-state index in [9.17, 15) is 17.6 Å². The number of hydrogen-bond acceptors (Lipinski definition) is 2. The van der Waals surface area contributed by atoms with Gasteiger partial charge >= 0.3 is 6.18 Å². The topological polar surface area (TPSA) is 32.3 Å². The zero-order chi connectivity index (χ0) is 10.1. The largest absolute Gasteiger partial charge is 0.420 e. The Bertz CT molecular complexity index is 184. The fourth-order valence-electron chi connectivity index (χ4n) is 1.35. The number of rotatable bonds is 0. The highest BCUT2D eigenvalue weighted by atomic mass is 19.4. The molecule has 2 atom stereocenters. The lowest BCUT2D eigenvalue weighted by Gasteiger charge is -2.31. The van der Waals surface area contributed by atoms with Crippen LogP contribution < -0.4 is 5.32 Å². The van der Waals surface area contributed by atoms with Gasteiger partial charge in [0, 0.05) is 6.42 Å². The van der Waals surface area contributed by atoms with E-state index in [1.807, 2.05) is 0 Å². The summed E-state index contributed by atoms with van der Waals surface area (Å²) < 4.78 is 49.7. The fourth-order valence-corrected chi connectivity index (χ4v) is 1.35. The molecular formula is C7H11F4NO. The van der Waals surface area contributed by atoms with E-state index >= 15 is 0 Å². The fraction of sp³-hybridized carbons (Fsp3) is 1.00. The van der Waals surface area contributed by atoms with Gasteiger partial charge in [0.2, 0.25) is 0 Å². The molecule has 0 aromatic heterocycles. The maximum absolute atomic E-state index is 13.0. The third-order valence-corrected chi connectivity index (χ3v) is 2.27. The van der Waals surface area contributed by atoms with Crippen LogP contribution in [-0.2, 0) is 0 Å². The van der Waals surface area contributed by atoms with E-state index in [1.54, 1.807) is 0 Å². The molecule has 6 heteroatoms. The average molecular weight is 201 g/mol. The highest BCUT2D eigenvalue weighted by molar-refractivity contribution is 4.96. The van der Waals surface area contributed by atoms with E-state index in [-0.39, 0.29) is 19.5 Å². The van der Waals surface area contributed by atoms with Gasteiger partial charge in [-0.2, -0.15) is 13.2 Å². The summed E-state index contributed by atoms with van der Waals surface area (Å²) in [6, 6.07) is 0. The Morgan fingerprint density at radius 1 is 1.31 bits per heavy atom. The van der Waals surface area contributed by atoms with Crippen molar-refractivity contribution in [3.05, 3.63) is 0 Å². The van der Waals surface area contributed by atoms with Gasteiger partial charge in [-0.1, -0.05) is 0 Å². The maximum atomic E-state index is 13.0. The first kappa shape index (κ1) is 10.7. The highest BCUT2D eigenvalue weighted by Crippen LogP contribution is 2.38. The zero-order valence-electron chi connectivity index (χ0n) is 6.86. The normalized spacial score (nSPS) is 37.2. The molecule has 1 aliphatic rings. The summed E-state index contributed by atoms with van der Waals surface area (Å²) in [6.07, 6.45) is -8.06. The van der Waals surface area contributed by atoms with Crippen molar-refractivity contribution in [2.45, 2.75) is 30.8 Å². The van der Waals surface area contributed by atoms with Crippen molar-refractivity contribution in [3.8, 4) is 0 Å². The molecule has 0 unspecified atom stereocenters. The number of nitrogens with one attached hydrogen (secondary N) is 1. The summed E-state index contributed by atoms with van der Waals surface area (Å²) in [6.45, 7) is 0.149. The van der Waals surface area contributed by atoms with Crippen LogP contribution in [0.2, 0.25) is 0 Å².